The van der Waals surface area contributed by atoms with Gasteiger partial charge in [-0.2, -0.15) is 0 Å². The third-order valence-electron chi connectivity index (χ3n) is 5.07. The van der Waals surface area contributed by atoms with E-state index in [1.807, 2.05) is 46.0 Å². The highest BCUT2D eigenvalue weighted by Gasteiger charge is 2.06. The van der Waals surface area contributed by atoms with Crippen LogP contribution in [0.3, 0.4) is 0 Å². The van der Waals surface area contributed by atoms with Crippen LogP contribution in [0.1, 0.15) is 22.5 Å². The van der Waals surface area contributed by atoms with Crippen LogP contribution in [0.15, 0.2) is 57.7 Å². The van der Waals surface area contributed by atoms with E-state index in [0.29, 0.717) is 35.1 Å². The van der Waals surface area contributed by atoms with Gasteiger partial charge in [-0.3, -0.25) is 9.36 Å². The third kappa shape index (κ3) is 6.62. The number of benzene rings is 2. The average molecular weight is 577 g/mol. The molecule has 172 valence electrons. The lowest BCUT2D eigenvalue weighted by molar-refractivity contribution is 0.471. The minimum Gasteiger partial charge on any atom is -0.507 e. The number of aryl methyl sites for hydroxylation is 4. The minimum absolute atomic E-state index is 0.235. The number of nitrogens with zero attached hydrogens (tertiary/aromatic N) is 6. The molecule has 4 rings (SSSR count). The van der Waals surface area contributed by atoms with Crippen LogP contribution in [0.2, 0.25) is 0 Å². The monoisotopic (exact) mass is 575 g/mol. The zero-order valence-electron chi connectivity index (χ0n) is 17.7. The normalized spacial score (nSPS) is 11.2. The van der Waals surface area contributed by atoms with Gasteiger partial charge in [-0.1, -0.05) is 22.6 Å². The maximum Gasteiger partial charge on any atom is 0.129 e. The molecule has 0 spiro atoms. The molecule has 2 heterocycles. The maximum absolute atomic E-state index is 9.59. The summed E-state index contributed by atoms with van der Waals surface area (Å²) in [7, 11) is 0. The first-order valence-electron chi connectivity index (χ1n) is 10.4. The Kier molecular flexibility index (Phi) is 7.73. The van der Waals surface area contributed by atoms with Crippen LogP contribution in [0, 0.1) is 0 Å². The van der Waals surface area contributed by atoms with E-state index in [-0.39, 0.29) is 11.5 Å². The van der Waals surface area contributed by atoms with Gasteiger partial charge in [-0.15, -0.1) is 10.2 Å². The van der Waals surface area contributed by atoms with Crippen molar-refractivity contribution >= 4 is 31.9 Å². The number of phenols is 2. The van der Waals surface area contributed by atoms with Gasteiger partial charge in [-0.05, 0) is 80.1 Å². The van der Waals surface area contributed by atoms with Gasteiger partial charge < -0.3 is 15.5 Å². The van der Waals surface area contributed by atoms with Crippen LogP contribution in [0.4, 0.5) is 0 Å². The predicted molar refractivity (Wildman–Crippen MR) is 130 cm³/mol. The van der Waals surface area contributed by atoms with Gasteiger partial charge in [0.05, 0.1) is 20.3 Å². The fourth-order valence-electron chi connectivity index (χ4n) is 3.28. The summed E-state index contributed by atoms with van der Waals surface area (Å²) in [5.74, 6) is 0.469. The topological polar surface area (TPSA) is 114 Å². The second-order valence-electron chi connectivity index (χ2n) is 7.62. The number of halogens is 2. The molecule has 0 radical (unpaired) electrons. The van der Waals surface area contributed by atoms with Crippen LogP contribution in [-0.2, 0) is 39.0 Å². The molecule has 0 aliphatic carbocycles. The van der Waals surface area contributed by atoms with E-state index in [2.05, 4.69) is 57.8 Å². The molecule has 3 N–H and O–H groups in total. The Balaban J connectivity index is 1.20. The number of aromatic hydroxyl groups is 2. The SMILES string of the molecule is Oc1ccc(CCn2cc(CNCc3cn(CCc4ccc(O)c(Br)c4)nn3)nn2)cc1Br. The Hall–Kier alpha value is -2.76. The van der Waals surface area contributed by atoms with Crippen molar-refractivity contribution in [1.82, 2.24) is 35.3 Å². The third-order valence-corrected chi connectivity index (χ3v) is 6.34. The summed E-state index contributed by atoms with van der Waals surface area (Å²) in [4.78, 5) is 0. The first kappa shape index (κ1) is 23.4. The van der Waals surface area contributed by atoms with Crippen LogP contribution < -0.4 is 5.32 Å². The molecule has 0 aliphatic heterocycles. The van der Waals surface area contributed by atoms with Gasteiger partial charge in [-0.25, -0.2) is 0 Å². The molecule has 0 saturated heterocycles. The Morgan fingerprint density at radius 1 is 0.727 bits per heavy atom. The van der Waals surface area contributed by atoms with Gasteiger partial charge in [0.25, 0.3) is 0 Å². The van der Waals surface area contributed by atoms with Crippen molar-refractivity contribution in [2.24, 2.45) is 0 Å². The molecular formula is C22H23Br2N7O2. The molecule has 33 heavy (non-hydrogen) atoms. The van der Waals surface area contributed by atoms with Gasteiger partial charge in [0, 0.05) is 38.6 Å². The van der Waals surface area contributed by atoms with E-state index in [0.717, 1.165) is 35.4 Å². The van der Waals surface area contributed by atoms with Crippen LogP contribution in [-0.4, -0.2) is 40.2 Å². The molecule has 9 nitrogen and oxygen atoms in total. The Morgan fingerprint density at radius 2 is 1.18 bits per heavy atom. The lowest BCUT2D eigenvalue weighted by Crippen LogP contribution is -2.13. The van der Waals surface area contributed by atoms with Crippen molar-refractivity contribution in [3.63, 3.8) is 0 Å². The standard InChI is InChI=1S/C22H23Br2N7O2/c23-19-9-15(1-3-21(19)32)5-7-30-13-17(26-28-30)11-25-12-18-14-31(29-27-18)8-6-16-2-4-22(33)20(24)10-16/h1-4,9-10,13-14,25,32-33H,5-8,11-12H2. The van der Waals surface area contributed by atoms with Crippen LogP contribution >= 0.6 is 31.9 Å². The number of rotatable bonds is 10. The molecule has 0 saturated carbocycles. The van der Waals surface area contributed by atoms with Gasteiger partial charge in [0.15, 0.2) is 0 Å². The molecule has 0 amide bonds. The molecule has 0 aliphatic rings. The summed E-state index contributed by atoms with van der Waals surface area (Å²) in [6.45, 7) is 2.57. The van der Waals surface area contributed by atoms with E-state index >= 15 is 0 Å². The van der Waals surface area contributed by atoms with Crippen molar-refractivity contribution < 1.29 is 10.2 Å². The van der Waals surface area contributed by atoms with Crippen LogP contribution in [0.25, 0.3) is 0 Å². The lowest BCUT2D eigenvalue weighted by atomic mass is 10.1. The number of aromatic nitrogens is 6. The highest BCUT2D eigenvalue weighted by molar-refractivity contribution is 9.10. The Labute approximate surface area is 207 Å². The summed E-state index contributed by atoms with van der Waals surface area (Å²) >= 11 is 6.67. The summed E-state index contributed by atoms with van der Waals surface area (Å²) in [5, 5.41) is 39.3. The maximum atomic E-state index is 9.59. The van der Waals surface area contributed by atoms with Crippen LogP contribution in [0.5, 0.6) is 11.5 Å². The largest absolute Gasteiger partial charge is 0.507 e. The van der Waals surface area contributed by atoms with E-state index in [1.54, 1.807) is 12.1 Å². The summed E-state index contributed by atoms with van der Waals surface area (Å²) in [6, 6.07) is 11.0. The zero-order chi connectivity index (χ0) is 23.2. The lowest BCUT2D eigenvalue weighted by Gasteiger charge is -2.03. The fraction of sp³-hybridized carbons (Fsp3) is 0.273. The molecule has 0 fully saturated rings. The van der Waals surface area contributed by atoms with E-state index in [1.165, 1.54) is 0 Å². The van der Waals surface area contributed by atoms with Crippen molar-refractivity contribution in [2.75, 3.05) is 0 Å². The molecular weight excluding hydrogens is 554 g/mol. The molecule has 2 aromatic heterocycles. The smallest absolute Gasteiger partial charge is 0.129 e. The van der Waals surface area contributed by atoms with E-state index in [4.69, 9.17) is 0 Å². The minimum atomic E-state index is 0.235. The van der Waals surface area contributed by atoms with Gasteiger partial charge >= 0.3 is 0 Å². The fourth-order valence-corrected chi connectivity index (χ4v) is 4.13. The molecule has 4 aromatic rings. The Bertz CT molecular complexity index is 1130. The molecule has 0 unspecified atom stereocenters. The first-order chi connectivity index (χ1) is 16.0. The quantitative estimate of drug-likeness (QED) is 0.264. The van der Waals surface area contributed by atoms with Gasteiger partial charge in [0.2, 0.25) is 0 Å². The Morgan fingerprint density at radius 3 is 1.61 bits per heavy atom. The highest BCUT2D eigenvalue weighted by atomic mass is 79.9. The van der Waals surface area contributed by atoms with Crippen molar-refractivity contribution in [3.8, 4) is 11.5 Å². The van der Waals surface area contributed by atoms with E-state index < -0.39 is 0 Å². The molecule has 11 heteroatoms. The van der Waals surface area contributed by atoms with Gasteiger partial charge in [0.1, 0.15) is 11.5 Å². The second-order valence-corrected chi connectivity index (χ2v) is 9.33. The number of hydrogen-bond donors (Lipinski definition) is 3. The van der Waals surface area contributed by atoms with Crippen molar-refractivity contribution in [3.05, 3.63) is 80.3 Å². The number of nitrogens with one attached hydrogen (secondary N) is 1. The molecule has 2 aromatic carbocycles. The average Bonchev–Trinajstić information content (AvgIpc) is 3.45. The second kappa shape index (κ2) is 10.9. The highest BCUT2D eigenvalue weighted by Crippen LogP contribution is 2.25. The predicted octanol–water partition coefficient (Wildman–Crippen LogP) is 3.58. The van der Waals surface area contributed by atoms with Crippen molar-refractivity contribution in [1.29, 1.82) is 0 Å². The summed E-state index contributed by atoms with van der Waals surface area (Å²) in [6.07, 6.45) is 5.43. The molecule has 0 atom stereocenters. The summed E-state index contributed by atoms with van der Waals surface area (Å²) in [5.41, 5.74) is 3.92. The van der Waals surface area contributed by atoms with Crippen molar-refractivity contribution in [2.45, 2.75) is 39.0 Å². The van der Waals surface area contributed by atoms with E-state index in [9.17, 15) is 10.2 Å². The first-order valence-corrected chi connectivity index (χ1v) is 12.0. The number of hydrogen-bond acceptors (Lipinski definition) is 7. The molecule has 0 bridgehead atoms. The number of phenolic OH excluding ortho intramolecular Hbond substituents is 2. The zero-order valence-corrected chi connectivity index (χ0v) is 20.9. The summed E-state index contributed by atoms with van der Waals surface area (Å²) < 4.78 is 5.01.